The first-order valence-corrected chi connectivity index (χ1v) is 11.0. The van der Waals surface area contributed by atoms with Gasteiger partial charge in [-0.25, -0.2) is 0 Å². The third-order valence-corrected chi connectivity index (χ3v) is 5.74. The molecular formula is C30H30N+. The Morgan fingerprint density at radius 2 is 1.10 bits per heavy atom. The van der Waals surface area contributed by atoms with Gasteiger partial charge in [0.1, 0.15) is 6.54 Å². The van der Waals surface area contributed by atoms with Crippen molar-refractivity contribution >= 4 is 22.9 Å². The molecule has 31 heavy (non-hydrogen) atoms. The first-order chi connectivity index (χ1) is 15.2. The lowest BCUT2D eigenvalue weighted by molar-refractivity contribution is -0.911. The number of fused-ring (bicyclic) bond motifs is 1. The molecule has 0 aliphatic heterocycles. The highest BCUT2D eigenvalue weighted by Gasteiger charge is 2.20. The van der Waals surface area contributed by atoms with Gasteiger partial charge in [0.15, 0.2) is 0 Å². The lowest BCUT2D eigenvalue weighted by atomic mass is 10.0. The molecule has 0 N–H and O–H groups in total. The van der Waals surface area contributed by atoms with Gasteiger partial charge in [-0.3, -0.25) is 0 Å². The molecule has 0 heterocycles. The van der Waals surface area contributed by atoms with Gasteiger partial charge in [-0.2, -0.15) is 0 Å². The average Bonchev–Trinajstić information content (AvgIpc) is 2.81. The Morgan fingerprint density at radius 3 is 1.71 bits per heavy atom. The summed E-state index contributed by atoms with van der Waals surface area (Å²) in [7, 11) is 2.35. The van der Waals surface area contributed by atoms with Gasteiger partial charge in [-0.15, -0.1) is 0 Å². The highest BCUT2D eigenvalue weighted by molar-refractivity contribution is 5.85. The molecule has 1 nitrogen and oxygen atoms in total. The Labute approximate surface area is 186 Å². The molecule has 1 heteroatoms. The summed E-state index contributed by atoms with van der Waals surface area (Å²) in [5.41, 5.74) is 3.90. The molecule has 0 saturated heterocycles. The van der Waals surface area contributed by atoms with Gasteiger partial charge in [0.25, 0.3) is 0 Å². The van der Waals surface area contributed by atoms with Crippen LogP contribution in [0.5, 0.6) is 0 Å². The zero-order valence-electron chi connectivity index (χ0n) is 18.2. The zero-order valence-corrected chi connectivity index (χ0v) is 18.2. The Balaban J connectivity index is 1.57. The van der Waals surface area contributed by atoms with Crippen molar-refractivity contribution in [2.24, 2.45) is 0 Å². The molecule has 0 amide bonds. The van der Waals surface area contributed by atoms with Crippen molar-refractivity contribution in [3.05, 3.63) is 132 Å². The van der Waals surface area contributed by atoms with Crippen LogP contribution in [0.1, 0.15) is 16.7 Å². The molecule has 4 rings (SSSR count). The maximum atomic E-state index is 2.35. The predicted molar refractivity (Wildman–Crippen MR) is 135 cm³/mol. The molecule has 4 aromatic carbocycles. The van der Waals surface area contributed by atoms with Crippen LogP contribution < -0.4 is 0 Å². The lowest BCUT2D eigenvalue weighted by Gasteiger charge is -2.33. The van der Waals surface area contributed by atoms with Crippen molar-refractivity contribution in [3.8, 4) is 0 Å². The summed E-state index contributed by atoms with van der Waals surface area (Å²) in [6, 6.07) is 36.5. The molecule has 0 spiro atoms. The van der Waals surface area contributed by atoms with E-state index in [9.17, 15) is 0 Å². The molecule has 0 aliphatic carbocycles. The SMILES string of the molecule is C[N+](C/C=C/c1ccccc1)(C/C=C/c1ccccc1)Cc1cccc2ccccc12. The Morgan fingerprint density at radius 1 is 0.581 bits per heavy atom. The van der Waals surface area contributed by atoms with Gasteiger partial charge in [0.05, 0.1) is 20.1 Å². The highest BCUT2D eigenvalue weighted by atomic mass is 15.3. The molecule has 0 radical (unpaired) electrons. The molecular weight excluding hydrogens is 374 g/mol. The quantitative estimate of drug-likeness (QED) is 0.272. The van der Waals surface area contributed by atoms with Crippen molar-refractivity contribution < 1.29 is 4.48 Å². The summed E-state index contributed by atoms with van der Waals surface area (Å²) in [6.45, 7) is 2.92. The van der Waals surface area contributed by atoms with Crippen molar-refractivity contribution in [2.75, 3.05) is 20.1 Å². The van der Waals surface area contributed by atoms with Gasteiger partial charge in [0, 0.05) is 5.56 Å². The van der Waals surface area contributed by atoms with Crippen LogP contribution in [0.4, 0.5) is 0 Å². The van der Waals surface area contributed by atoms with E-state index in [0.717, 1.165) is 24.1 Å². The van der Waals surface area contributed by atoms with Crippen molar-refractivity contribution in [1.82, 2.24) is 0 Å². The fourth-order valence-corrected chi connectivity index (χ4v) is 4.06. The second-order valence-corrected chi connectivity index (χ2v) is 8.41. The Hall–Kier alpha value is -3.42. The van der Waals surface area contributed by atoms with E-state index >= 15 is 0 Å². The lowest BCUT2D eigenvalue weighted by Crippen LogP contribution is -2.43. The van der Waals surface area contributed by atoms with Gasteiger partial charge in [0.2, 0.25) is 0 Å². The van der Waals surface area contributed by atoms with Gasteiger partial charge in [-0.1, -0.05) is 115 Å². The van der Waals surface area contributed by atoms with E-state index in [0.29, 0.717) is 0 Å². The third-order valence-electron chi connectivity index (χ3n) is 5.74. The normalized spacial score (nSPS) is 12.2. The van der Waals surface area contributed by atoms with E-state index in [-0.39, 0.29) is 0 Å². The second kappa shape index (κ2) is 10.1. The largest absolute Gasteiger partial charge is 0.316 e. The topological polar surface area (TPSA) is 0 Å². The van der Waals surface area contributed by atoms with Crippen LogP contribution in [0.2, 0.25) is 0 Å². The van der Waals surface area contributed by atoms with Crippen LogP contribution >= 0.6 is 0 Å². The number of rotatable bonds is 8. The number of hydrogen-bond acceptors (Lipinski definition) is 0. The molecule has 0 atom stereocenters. The smallest absolute Gasteiger partial charge is 0.105 e. The van der Waals surface area contributed by atoms with E-state index < -0.39 is 0 Å². The molecule has 0 fully saturated rings. The first-order valence-electron chi connectivity index (χ1n) is 11.0. The minimum Gasteiger partial charge on any atom is -0.316 e. The van der Waals surface area contributed by atoms with Crippen LogP contribution in [0.25, 0.3) is 22.9 Å². The first kappa shape index (κ1) is 20.8. The predicted octanol–water partition coefficient (Wildman–Crippen LogP) is 7.21. The molecule has 0 aliphatic rings. The third kappa shape index (κ3) is 5.81. The van der Waals surface area contributed by atoms with Crippen LogP contribution in [0, 0.1) is 0 Å². The van der Waals surface area contributed by atoms with E-state index in [1.165, 1.54) is 27.5 Å². The van der Waals surface area contributed by atoms with Crippen LogP contribution in [0.3, 0.4) is 0 Å². The summed E-state index contributed by atoms with van der Waals surface area (Å²) in [6.07, 6.45) is 9.11. The average molecular weight is 405 g/mol. The Kier molecular flexibility index (Phi) is 6.76. The van der Waals surface area contributed by atoms with E-state index in [1.807, 2.05) is 0 Å². The fourth-order valence-electron chi connectivity index (χ4n) is 4.06. The maximum absolute atomic E-state index is 2.35. The van der Waals surface area contributed by atoms with Crippen molar-refractivity contribution in [3.63, 3.8) is 0 Å². The molecule has 0 aromatic heterocycles. The number of likely N-dealkylation sites (N-methyl/N-ethyl adjacent to an activating group) is 1. The number of benzene rings is 4. The molecule has 0 unspecified atom stereocenters. The van der Waals surface area contributed by atoms with Gasteiger partial charge in [-0.05, 0) is 34.1 Å². The fraction of sp³-hybridized carbons (Fsp3) is 0.133. The summed E-state index contributed by atoms with van der Waals surface area (Å²) in [5, 5.41) is 2.67. The van der Waals surface area contributed by atoms with Gasteiger partial charge < -0.3 is 4.48 Å². The minimum atomic E-state index is 0.917. The molecule has 0 saturated carbocycles. The summed E-state index contributed by atoms with van der Waals surface area (Å²) in [4.78, 5) is 0. The number of quaternary nitrogens is 1. The Bertz CT molecular complexity index is 1100. The molecule has 154 valence electrons. The molecule has 0 bridgehead atoms. The number of nitrogens with zero attached hydrogens (tertiary/aromatic N) is 1. The summed E-state index contributed by atoms with van der Waals surface area (Å²) < 4.78 is 0.917. The van der Waals surface area contributed by atoms with Crippen LogP contribution in [0.15, 0.2) is 115 Å². The van der Waals surface area contributed by atoms with Gasteiger partial charge >= 0.3 is 0 Å². The van der Waals surface area contributed by atoms with E-state index in [4.69, 9.17) is 0 Å². The van der Waals surface area contributed by atoms with Crippen LogP contribution in [-0.2, 0) is 6.54 Å². The standard InChI is InChI=1S/C30H30N/c1-31(23-11-17-26-13-4-2-5-14-26,24-12-18-27-15-6-3-7-16-27)25-29-21-10-20-28-19-8-9-22-30(28)29/h2-22H,23-25H2,1H3/q+1/b17-11+,18-12+. The number of hydrogen-bond donors (Lipinski definition) is 0. The maximum Gasteiger partial charge on any atom is 0.105 e. The van der Waals surface area contributed by atoms with Crippen molar-refractivity contribution in [1.29, 1.82) is 0 Å². The second-order valence-electron chi connectivity index (χ2n) is 8.41. The van der Waals surface area contributed by atoms with E-state index in [2.05, 4.69) is 134 Å². The molecule has 4 aromatic rings. The minimum absolute atomic E-state index is 0.917. The highest BCUT2D eigenvalue weighted by Crippen LogP contribution is 2.23. The van der Waals surface area contributed by atoms with Crippen LogP contribution in [-0.4, -0.2) is 24.6 Å². The zero-order chi connectivity index (χ0) is 21.4. The summed E-state index contributed by atoms with van der Waals surface area (Å²) >= 11 is 0. The van der Waals surface area contributed by atoms with E-state index in [1.54, 1.807) is 0 Å². The monoisotopic (exact) mass is 404 g/mol. The summed E-state index contributed by atoms with van der Waals surface area (Å²) in [5.74, 6) is 0. The van der Waals surface area contributed by atoms with Crippen molar-refractivity contribution in [2.45, 2.75) is 6.54 Å².